The zero-order valence-corrected chi connectivity index (χ0v) is 17.1. The number of sulfonamides is 1. The van der Waals surface area contributed by atoms with E-state index < -0.39 is 15.9 Å². The first-order valence-electron chi connectivity index (χ1n) is 8.69. The summed E-state index contributed by atoms with van der Waals surface area (Å²) < 4.78 is 26.2. The summed E-state index contributed by atoms with van der Waals surface area (Å²) in [5.41, 5.74) is 1.97. The van der Waals surface area contributed by atoms with E-state index in [1.165, 1.54) is 19.1 Å². The smallest absolute Gasteiger partial charge is 0.257 e. The molecule has 0 fully saturated rings. The molecule has 0 saturated heterocycles. The van der Waals surface area contributed by atoms with E-state index in [0.29, 0.717) is 0 Å². The predicted molar refractivity (Wildman–Crippen MR) is 109 cm³/mol. The maximum Gasteiger partial charge on any atom is 0.257 e. The summed E-state index contributed by atoms with van der Waals surface area (Å²) in [6.07, 6.45) is 0. The number of aryl methyl sites for hydroxylation is 1. The van der Waals surface area contributed by atoms with Gasteiger partial charge in [0.2, 0.25) is 10.0 Å². The molecular formula is C20H26N2O4S. The fourth-order valence-corrected chi connectivity index (χ4v) is 3.30. The van der Waals surface area contributed by atoms with Crippen molar-refractivity contribution in [2.75, 3.05) is 15.8 Å². The standard InChI is InChI=1S/C20H26N2O4S/c1-6-27(25,26)22-16-10-8-7-9-14(16)19(24)21-17-12-13(2)11-15(18(17)23)20(3,4)5/h7-12,22-23H,6H2,1-5H3,(H,21,24). The van der Waals surface area contributed by atoms with Crippen LogP contribution in [0.3, 0.4) is 0 Å². The number of carbonyl (C=O) groups is 1. The van der Waals surface area contributed by atoms with Gasteiger partial charge in [-0.15, -0.1) is 0 Å². The number of benzene rings is 2. The first-order valence-corrected chi connectivity index (χ1v) is 10.3. The van der Waals surface area contributed by atoms with Crippen molar-refractivity contribution in [2.45, 2.75) is 40.0 Å². The summed E-state index contributed by atoms with van der Waals surface area (Å²) in [6, 6.07) is 9.91. The summed E-state index contributed by atoms with van der Waals surface area (Å²) in [5.74, 6) is -0.602. The molecule has 0 unspecified atom stereocenters. The van der Waals surface area contributed by atoms with E-state index in [2.05, 4.69) is 10.0 Å². The van der Waals surface area contributed by atoms with E-state index in [1.807, 2.05) is 33.8 Å². The highest BCUT2D eigenvalue weighted by Crippen LogP contribution is 2.37. The van der Waals surface area contributed by atoms with Crippen LogP contribution in [0.25, 0.3) is 0 Å². The highest BCUT2D eigenvalue weighted by atomic mass is 32.2. The van der Waals surface area contributed by atoms with Crippen molar-refractivity contribution < 1.29 is 18.3 Å². The predicted octanol–water partition coefficient (Wildman–Crippen LogP) is 4.01. The zero-order valence-electron chi connectivity index (χ0n) is 16.3. The average Bonchev–Trinajstić information content (AvgIpc) is 2.57. The SMILES string of the molecule is CCS(=O)(=O)Nc1ccccc1C(=O)Nc1cc(C)cc(C(C)(C)C)c1O. The average molecular weight is 391 g/mol. The van der Waals surface area contributed by atoms with Crippen LogP contribution in [0.5, 0.6) is 5.75 Å². The minimum Gasteiger partial charge on any atom is -0.505 e. The minimum absolute atomic E-state index is 0.00747. The Hall–Kier alpha value is -2.54. The molecule has 6 nitrogen and oxygen atoms in total. The van der Waals surface area contributed by atoms with Crippen molar-refractivity contribution in [3.63, 3.8) is 0 Å². The van der Waals surface area contributed by atoms with Gasteiger partial charge in [0, 0.05) is 5.56 Å². The van der Waals surface area contributed by atoms with Crippen LogP contribution in [-0.2, 0) is 15.4 Å². The van der Waals surface area contributed by atoms with E-state index in [-0.39, 0.29) is 33.9 Å². The van der Waals surface area contributed by atoms with Gasteiger partial charge in [0.05, 0.1) is 22.7 Å². The Morgan fingerprint density at radius 3 is 2.33 bits per heavy atom. The molecule has 2 aromatic rings. The number of amides is 1. The second kappa shape index (κ2) is 7.60. The first-order chi connectivity index (χ1) is 12.4. The van der Waals surface area contributed by atoms with Gasteiger partial charge in [0.25, 0.3) is 5.91 Å². The van der Waals surface area contributed by atoms with Crippen molar-refractivity contribution in [1.82, 2.24) is 0 Å². The lowest BCUT2D eigenvalue weighted by molar-refractivity contribution is 0.102. The molecule has 2 rings (SSSR count). The number of rotatable bonds is 5. The second-order valence-corrected chi connectivity index (χ2v) is 9.47. The van der Waals surface area contributed by atoms with Gasteiger partial charge in [-0.05, 0) is 43.0 Å². The Morgan fingerprint density at radius 1 is 1.11 bits per heavy atom. The molecule has 27 heavy (non-hydrogen) atoms. The van der Waals surface area contributed by atoms with Gasteiger partial charge in [0.1, 0.15) is 5.75 Å². The van der Waals surface area contributed by atoms with Crippen molar-refractivity contribution in [3.8, 4) is 5.75 Å². The molecule has 3 N–H and O–H groups in total. The third kappa shape index (κ3) is 5.01. The van der Waals surface area contributed by atoms with E-state index >= 15 is 0 Å². The lowest BCUT2D eigenvalue weighted by Crippen LogP contribution is -2.20. The first kappa shape index (κ1) is 20.8. The van der Waals surface area contributed by atoms with Crippen LogP contribution in [0, 0.1) is 6.92 Å². The number of hydrogen-bond acceptors (Lipinski definition) is 4. The maximum absolute atomic E-state index is 12.8. The minimum atomic E-state index is -3.52. The molecule has 0 aromatic heterocycles. The van der Waals surface area contributed by atoms with E-state index in [0.717, 1.165) is 11.1 Å². The van der Waals surface area contributed by atoms with Crippen molar-refractivity contribution in [2.24, 2.45) is 0 Å². The lowest BCUT2D eigenvalue weighted by Gasteiger charge is -2.23. The summed E-state index contributed by atoms with van der Waals surface area (Å²) in [6.45, 7) is 9.32. The number of hydrogen-bond donors (Lipinski definition) is 3. The van der Waals surface area contributed by atoms with Crippen LogP contribution in [0.2, 0.25) is 0 Å². The van der Waals surface area contributed by atoms with Gasteiger partial charge in [-0.25, -0.2) is 8.42 Å². The Kier molecular flexibility index (Phi) is 5.85. The molecule has 0 aliphatic rings. The molecule has 7 heteroatoms. The lowest BCUT2D eigenvalue weighted by atomic mass is 9.85. The molecule has 0 aliphatic carbocycles. The van der Waals surface area contributed by atoms with Crippen LogP contribution >= 0.6 is 0 Å². The van der Waals surface area contributed by atoms with Crippen LogP contribution in [-0.4, -0.2) is 25.2 Å². The normalized spacial score (nSPS) is 11.9. The van der Waals surface area contributed by atoms with Gasteiger partial charge in [-0.2, -0.15) is 0 Å². The highest BCUT2D eigenvalue weighted by molar-refractivity contribution is 7.92. The molecule has 0 atom stereocenters. The number of para-hydroxylation sites is 1. The number of phenols is 1. The maximum atomic E-state index is 12.8. The van der Waals surface area contributed by atoms with Crippen molar-refractivity contribution >= 4 is 27.3 Å². The number of aromatic hydroxyl groups is 1. The topological polar surface area (TPSA) is 95.5 Å². The number of anilines is 2. The van der Waals surface area contributed by atoms with Crippen molar-refractivity contribution in [1.29, 1.82) is 0 Å². The summed E-state index contributed by atoms with van der Waals surface area (Å²) >= 11 is 0. The van der Waals surface area contributed by atoms with E-state index in [4.69, 9.17) is 0 Å². The molecule has 0 radical (unpaired) electrons. The van der Waals surface area contributed by atoms with Gasteiger partial charge >= 0.3 is 0 Å². The Morgan fingerprint density at radius 2 is 1.74 bits per heavy atom. The largest absolute Gasteiger partial charge is 0.505 e. The number of phenolic OH excluding ortho intramolecular Hbond substituents is 1. The third-order valence-corrected chi connectivity index (χ3v) is 5.42. The van der Waals surface area contributed by atoms with E-state index in [1.54, 1.807) is 18.2 Å². The van der Waals surface area contributed by atoms with Crippen LogP contribution in [0.1, 0.15) is 49.2 Å². The molecule has 0 spiro atoms. The van der Waals surface area contributed by atoms with Crippen LogP contribution in [0.4, 0.5) is 11.4 Å². The molecule has 0 heterocycles. The van der Waals surface area contributed by atoms with E-state index in [9.17, 15) is 18.3 Å². The Bertz CT molecular complexity index is 960. The van der Waals surface area contributed by atoms with Gasteiger partial charge in [-0.3, -0.25) is 9.52 Å². The number of nitrogens with one attached hydrogen (secondary N) is 2. The van der Waals surface area contributed by atoms with Gasteiger partial charge in [0.15, 0.2) is 0 Å². The van der Waals surface area contributed by atoms with Crippen LogP contribution in [0.15, 0.2) is 36.4 Å². The van der Waals surface area contributed by atoms with Crippen LogP contribution < -0.4 is 10.0 Å². The number of carbonyl (C=O) groups excluding carboxylic acids is 1. The Labute approximate surface area is 160 Å². The highest BCUT2D eigenvalue weighted by Gasteiger charge is 2.22. The fraction of sp³-hybridized carbons (Fsp3) is 0.350. The molecule has 0 saturated carbocycles. The Balaban J connectivity index is 2.41. The molecule has 146 valence electrons. The summed E-state index contributed by atoms with van der Waals surface area (Å²) in [7, 11) is -3.52. The molecule has 2 aromatic carbocycles. The third-order valence-electron chi connectivity index (χ3n) is 4.13. The van der Waals surface area contributed by atoms with Gasteiger partial charge < -0.3 is 10.4 Å². The summed E-state index contributed by atoms with van der Waals surface area (Å²) in [5, 5.41) is 13.3. The van der Waals surface area contributed by atoms with Gasteiger partial charge in [-0.1, -0.05) is 39.0 Å². The molecular weight excluding hydrogens is 364 g/mol. The van der Waals surface area contributed by atoms with Crippen molar-refractivity contribution in [3.05, 3.63) is 53.1 Å². The second-order valence-electron chi connectivity index (χ2n) is 7.46. The molecule has 1 amide bonds. The monoisotopic (exact) mass is 390 g/mol. The molecule has 0 aliphatic heterocycles. The molecule has 0 bridgehead atoms. The summed E-state index contributed by atoms with van der Waals surface area (Å²) in [4.78, 5) is 12.8. The fourth-order valence-electron chi connectivity index (χ4n) is 2.65. The quantitative estimate of drug-likeness (QED) is 0.672. The zero-order chi connectivity index (χ0) is 20.4.